The van der Waals surface area contributed by atoms with Gasteiger partial charge in [0.2, 0.25) is 6.08 Å². The maximum absolute atomic E-state index is 11.4. The summed E-state index contributed by atoms with van der Waals surface area (Å²) in [6.45, 7) is 4.09. The van der Waals surface area contributed by atoms with Crippen LogP contribution in [0.1, 0.15) is 25.0 Å². The summed E-state index contributed by atoms with van der Waals surface area (Å²) in [5.74, 6) is 0.103. The Bertz CT molecular complexity index is 552. The molecule has 5 heteroatoms. The predicted octanol–water partition coefficient (Wildman–Crippen LogP) is 1.84. The van der Waals surface area contributed by atoms with E-state index < -0.39 is 15.3 Å². The number of nitrogens with zero attached hydrogens (tertiary/aromatic N) is 1. The van der Waals surface area contributed by atoms with Crippen LogP contribution in [0, 0.1) is 0 Å². The molecule has 18 heavy (non-hydrogen) atoms. The van der Waals surface area contributed by atoms with Crippen molar-refractivity contribution in [2.75, 3.05) is 12.0 Å². The zero-order valence-corrected chi connectivity index (χ0v) is 11.6. The number of isocyanates is 1. The highest BCUT2D eigenvalue weighted by atomic mass is 32.2. The molecular formula is C13H17NO3S. The molecule has 0 amide bonds. The van der Waals surface area contributed by atoms with E-state index in [2.05, 4.69) is 4.99 Å². The number of aliphatic imine (C=N–C) groups is 1. The zero-order chi connectivity index (χ0) is 13.8. The van der Waals surface area contributed by atoms with Gasteiger partial charge in [-0.2, -0.15) is 0 Å². The van der Waals surface area contributed by atoms with Crippen molar-refractivity contribution in [2.45, 2.75) is 25.8 Å². The number of rotatable bonds is 5. The Morgan fingerprint density at radius 3 is 2.22 bits per heavy atom. The minimum absolute atomic E-state index is 0.103. The van der Waals surface area contributed by atoms with Crippen molar-refractivity contribution in [3.8, 4) is 0 Å². The van der Waals surface area contributed by atoms with E-state index in [1.165, 1.54) is 12.3 Å². The van der Waals surface area contributed by atoms with Gasteiger partial charge in [0.05, 0.1) is 12.3 Å². The summed E-state index contributed by atoms with van der Waals surface area (Å²) >= 11 is 0. The molecule has 0 aliphatic heterocycles. The summed E-state index contributed by atoms with van der Waals surface area (Å²) in [5.41, 5.74) is 1.42. The van der Waals surface area contributed by atoms with Gasteiger partial charge in [-0.3, -0.25) is 0 Å². The Morgan fingerprint density at radius 1 is 1.22 bits per heavy atom. The van der Waals surface area contributed by atoms with Gasteiger partial charge in [-0.05, 0) is 11.1 Å². The molecule has 0 aliphatic carbocycles. The molecule has 0 saturated heterocycles. The standard InChI is InChI=1S/C13H17NO3S/c1-13(2,9-18(3,16)17)12-6-4-11(5-7-12)8-14-10-15/h4-7H,8-9H2,1-3H3. The molecule has 1 aromatic carbocycles. The lowest BCUT2D eigenvalue weighted by atomic mass is 9.86. The highest BCUT2D eigenvalue weighted by Crippen LogP contribution is 2.25. The van der Waals surface area contributed by atoms with Crippen LogP contribution in [0.15, 0.2) is 29.3 Å². The lowest BCUT2D eigenvalue weighted by Gasteiger charge is -2.24. The summed E-state index contributed by atoms with van der Waals surface area (Å²) in [5, 5.41) is 0. The zero-order valence-electron chi connectivity index (χ0n) is 10.8. The molecular weight excluding hydrogens is 250 g/mol. The number of carbonyl (C=O) groups excluding carboxylic acids is 1. The van der Waals surface area contributed by atoms with Crippen molar-refractivity contribution < 1.29 is 13.2 Å². The van der Waals surface area contributed by atoms with E-state index in [4.69, 9.17) is 0 Å². The molecule has 1 rings (SSSR count). The topological polar surface area (TPSA) is 63.6 Å². The third-order valence-electron chi connectivity index (χ3n) is 2.68. The largest absolute Gasteiger partial charge is 0.235 e. The Morgan fingerprint density at radius 2 is 1.78 bits per heavy atom. The van der Waals surface area contributed by atoms with E-state index in [0.717, 1.165) is 11.1 Å². The highest BCUT2D eigenvalue weighted by Gasteiger charge is 2.25. The third-order valence-corrected chi connectivity index (χ3v) is 3.93. The SMILES string of the molecule is CC(C)(CS(C)(=O)=O)c1ccc(CN=C=O)cc1. The maximum Gasteiger partial charge on any atom is 0.235 e. The van der Waals surface area contributed by atoms with Crippen LogP contribution in [0.4, 0.5) is 0 Å². The van der Waals surface area contributed by atoms with Crippen molar-refractivity contribution >= 4 is 15.9 Å². The van der Waals surface area contributed by atoms with E-state index in [9.17, 15) is 13.2 Å². The fourth-order valence-electron chi connectivity index (χ4n) is 1.92. The molecule has 4 nitrogen and oxygen atoms in total. The van der Waals surface area contributed by atoms with Crippen molar-refractivity contribution in [2.24, 2.45) is 4.99 Å². The van der Waals surface area contributed by atoms with Crippen LogP contribution in [0.2, 0.25) is 0 Å². The van der Waals surface area contributed by atoms with Gasteiger partial charge in [0, 0.05) is 11.7 Å². The second-order valence-electron chi connectivity index (χ2n) is 5.06. The summed E-state index contributed by atoms with van der Waals surface area (Å²) < 4.78 is 22.7. The first-order chi connectivity index (χ1) is 8.24. The molecule has 0 atom stereocenters. The minimum atomic E-state index is -3.02. The van der Waals surface area contributed by atoms with Crippen molar-refractivity contribution in [3.05, 3.63) is 35.4 Å². The molecule has 0 heterocycles. The van der Waals surface area contributed by atoms with Crippen molar-refractivity contribution in [3.63, 3.8) is 0 Å². The van der Waals surface area contributed by atoms with E-state index in [-0.39, 0.29) is 5.75 Å². The summed E-state index contributed by atoms with van der Waals surface area (Å²) in [6, 6.07) is 7.45. The Labute approximate surface area is 108 Å². The van der Waals surface area contributed by atoms with Gasteiger partial charge in [0.25, 0.3) is 0 Å². The number of hydrogen-bond acceptors (Lipinski definition) is 4. The Kier molecular flexibility index (Phi) is 4.43. The second kappa shape index (κ2) is 5.46. The third kappa shape index (κ3) is 4.43. The second-order valence-corrected chi connectivity index (χ2v) is 7.20. The highest BCUT2D eigenvalue weighted by molar-refractivity contribution is 7.90. The number of benzene rings is 1. The molecule has 0 fully saturated rings. The predicted molar refractivity (Wildman–Crippen MR) is 71.0 cm³/mol. The van der Waals surface area contributed by atoms with E-state index in [0.29, 0.717) is 6.54 Å². The fraction of sp³-hybridized carbons (Fsp3) is 0.462. The van der Waals surface area contributed by atoms with Crippen LogP contribution < -0.4 is 0 Å². The summed E-state index contributed by atoms with van der Waals surface area (Å²) in [6.07, 6.45) is 2.73. The molecule has 0 aromatic heterocycles. The van der Waals surface area contributed by atoms with Crippen LogP contribution >= 0.6 is 0 Å². The number of hydrogen-bond donors (Lipinski definition) is 0. The van der Waals surface area contributed by atoms with E-state index in [1.807, 2.05) is 38.1 Å². The minimum Gasteiger partial charge on any atom is -0.229 e. The average Bonchev–Trinajstić information content (AvgIpc) is 2.23. The van der Waals surface area contributed by atoms with Gasteiger partial charge in [-0.25, -0.2) is 18.2 Å². The van der Waals surface area contributed by atoms with Gasteiger partial charge in [-0.1, -0.05) is 38.1 Å². The van der Waals surface area contributed by atoms with Crippen LogP contribution in [0.25, 0.3) is 0 Å². The first-order valence-corrected chi connectivity index (χ1v) is 7.61. The van der Waals surface area contributed by atoms with Gasteiger partial charge in [-0.15, -0.1) is 0 Å². The molecule has 0 radical (unpaired) electrons. The fourth-order valence-corrected chi connectivity index (χ4v) is 3.40. The van der Waals surface area contributed by atoms with Crippen molar-refractivity contribution in [1.29, 1.82) is 0 Å². The number of sulfone groups is 1. The average molecular weight is 267 g/mol. The van der Waals surface area contributed by atoms with Crippen LogP contribution in [-0.2, 0) is 26.6 Å². The van der Waals surface area contributed by atoms with Crippen LogP contribution in [-0.4, -0.2) is 26.5 Å². The van der Waals surface area contributed by atoms with Crippen LogP contribution in [0.3, 0.4) is 0 Å². The van der Waals surface area contributed by atoms with E-state index in [1.54, 1.807) is 0 Å². The molecule has 98 valence electrons. The summed E-state index contributed by atoms with van der Waals surface area (Å²) in [7, 11) is -3.02. The van der Waals surface area contributed by atoms with E-state index >= 15 is 0 Å². The first kappa shape index (κ1) is 14.6. The van der Waals surface area contributed by atoms with Gasteiger partial charge >= 0.3 is 0 Å². The maximum atomic E-state index is 11.4. The van der Waals surface area contributed by atoms with Gasteiger partial charge < -0.3 is 0 Å². The van der Waals surface area contributed by atoms with Gasteiger partial charge in [0.1, 0.15) is 9.84 Å². The molecule has 0 unspecified atom stereocenters. The molecule has 0 bridgehead atoms. The molecule has 1 aromatic rings. The Hall–Kier alpha value is -1.45. The molecule has 0 saturated carbocycles. The molecule has 0 spiro atoms. The lowest BCUT2D eigenvalue weighted by molar-refractivity contribution is 0.552. The lowest BCUT2D eigenvalue weighted by Crippen LogP contribution is -2.27. The molecule has 0 aliphatic rings. The van der Waals surface area contributed by atoms with Crippen molar-refractivity contribution in [1.82, 2.24) is 0 Å². The quantitative estimate of drug-likeness (QED) is 0.604. The van der Waals surface area contributed by atoms with Crippen LogP contribution in [0.5, 0.6) is 0 Å². The Balaban J connectivity index is 2.93. The first-order valence-electron chi connectivity index (χ1n) is 5.55. The monoisotopic (exact) mass is 267 g/mol. The normalized spacial score (nSPS) is 11.9. The smallest absolute Gasteiger partial charge is 0.229 e. The van der Waals surface area contributed by atoms with Gasteiger partial charge in [0.15, 0.2) is 0 Å². The molecule has 0 N–H and O–H groups in total. The summed E-state index contributed by atoms with van der Waals surface area (Å²) in [4.78, 5) is 13.5.